The van der Waals surface area contributed by atoms with Crippen LogP contribution in [0.4, 0.5) is 0 Å². The third kappa shape index (κ3) is 2.70. The summed E-state index contributed by atoms with van der Waals surface area (Å²) in [6.07, 6.45) is 4.60. The summed E-state index contributed by atoms with van der Waals surface area (Å²) in [5.41, 5.74) is 0.454. The number of aromatic nitrogens is 4. The van der Waals surface area contributed by atoms with Crippen LogP contribution in [0.25, 0.3) is 11.2 Å². The summed E-state index contributed by atoms with van der Waals surface area (Å²) in [6.45, 7) is 6.87. The lowest BCUT2D eigenvalue weighted by molar-refractivity contribution is 0.147. The van der Waals surface area contributed by atoms with Gasteiger partial charge in [0.15, 0.2) is 11.2 Å². The molecule has 1 aliphatic heterocycles. The molecule has 1 aliphatic rings. The van der Waals surface area contributed by atoms with Crippen LogP contribution in [0.5, 0.6) is 0 Å². The number of hydrogen-bond acceptors (Lipinski definition) is 4. The SMILES string of the molecule is CCCn1c(CN2CCCC[C@H]2C)nc2c1c(=O)n(C)c(=O)n2C. The van der Waals surface area contributed by atoms with Gasteiger partial charge in [-0.2, -0.15) is 0 Å². The second kappa shape index (κ2) is 6.55. The van der Waals surface area contributed by atoms with Crippen LogP contribution in [0.3, 0.4) is 0 Å². The lowest BCUT2D eigenvalue weighted by Gasteiger charge is -2.33. The maximum absolute atomic E-state index is 12.6. The summed E-state index contributed by atoms with van der Waals surface area (Å²) in [5.74, 6) is 0.888. The smallest absolute Gasteiger partial charge is 0.321 e. The van der Waals surface area contributed by atoms with E-state index in [1.807, 2.05) is 4.57 Å². The Labute approximate surface area is 141 Å². The Bertz CT molecular complexity index is 860. The third-order valence-electron chi connectivity index (χ3n) is 5.16. The van der Waals surface area contributed by atoms with Gasteiger partial charge in [0.05, 0.1) is 6.54 Å². The summed E-state index contributed by atoms with van der Waals surface area (Å²) >= 11 is 0. The Hall–Kier alpha value is -1.89. The van der Waals surface area contributed by atoms with Gasteiger partial charge in [-0.3, -0.25) is 18.8 Å². The highest BCUT2D eigenvalue weighted by Crippen LogP contribution is 2.20. The van der Waals surface area contributed by atoms with Crippen molar-refractivity contribution in [2.24, 2.45) is 14.1 Å². The maximum atomic E-state index is 12.6. The first-order valence-electron chi connectivity index (χ1n) is 8.84. The highest BCUT2D eigenvalue weighted by Gasteiger charge is 2.23. The Morgan fingerprint density at radius 3 is 2.58 bits per heavy atom. The van der Waals surface area contributed by atoms with Crippen molar-refractivity contribution in [2.45, 2.75) is 58.7 Å². The van der Waals surface area contributed by atoms with E-state index in [9.17, 15) is 9.59 Å². The molecule has 1 atom stereocenters. The fourth-order valence-electron chi connectivity index (χ4n) is 3.65. The van der Waals surface area contributed by atoms with E-state index >= 15 is 0 Å². The molecule has 0 aliphatic carbocycles. The maximum Gasteiger partial charge on any atom is 0.332 e. The van der Waals surface area contributed by atoms with E-state index < -0.39 is 0 Å². The molecule has 0 unspecified atom stereocenters. The Morgan fingerprint density at radius 2 is 1.92 bits per heavy atom. The fourth-order valence-corrected chi connectivity index (χ4v) is 3.65. The highest BCUT2D eigenvalue weighted by molar-refractivity contribution is 5.71. The van der Waals surface area contributed by atoms with Crippen molar-refractivity contribution in [1.29, 1.82) is 0 Å². The van der Waals surface area contributed by atoms with Crippen molar-refractivity contribution in [3.8, 4) is 0 Å². The zero-order chi connectivity index (χ0) is 17.4. The molecule has 0 radical (unpaired) electrons. The molecule has 1 fully saturated rings. The van der Waals surface area contributed by atoms with Crippen LogP contribution in [0.15, 0.2) is 9.59 Å². The van der Waals surface area contributed by atoms with Crippen LogP contribution in [0.1, 0.15) is 45.4 Å². The minimum Gasteiger partial charge on any atom is -0.321 e. The van der Waals surface area contributed by atoms with E-state index in [-0.39, 0.29) is 11.2 Å². The van der Waals surface area contributed by atoms with Crippen LogP contribution in [0, 0.1) is 0 Å². The molecule has 3 rings (SSSR count). The van der Waals surface area contributed by atoms with Crippen LogP contribution < -0.4 is 11.2 Å². The van der Waals surface area contributed by atoms with Crippen LogP contribution >= 0.6 is 0 Å². The molecule has 7 heteroatoms. The Kier molecular flexibility index (Phi) is 4.62. The topological polar surface area (TPSA) is 65.1 Å². The Balaban J connectivity index is 2.15. The van der Waals surface area contributed by atoms with E-state index in [2.05, 4.69) is 18.7 Å². The Morgan fingerprint density at radius 1 is 1.17 bits per heavy atom. The van der Waals surface area contributed by atoms with Crippen molar-refractivity contribution in [3.63, 3.8) is 0 Å². The number of hydrogen-bond donors (Lipinski definition) is 0. The monoisotopic (exact) mass is 333 g/mol. The van der Waals surface area contributed by atoms with Gasteiger partial charge in [-0.15, -0.1) is 0 Å². The van der Waals surface area contributed by atoms with Gasteiger partial charge in [0.2, 0.25) is 0 Å². The molecular weight excluding hydrogens is 306 g/mol. The van der Waals surface area contributed by atoms with Crippen molar-refractivity contribution < 1.29 is 0 Å². The second-order valence-electron chi connectivity index (χ2n) is 6.87. The minimum atomic E-state index is -0.327. The third-order valence-corrected chi connectivity index (χ3v) is 5.16. The largest absolute Gasteiger partial charge is 0.332 e. The average molecular weight is 333 g/mol. The fraction of sp³-hybridized carbons (Fsp3) is 0.706. The highest BCUT2D eigenvalue weighted by atomic mass is 16.2. The number of nitrogens with zero attached hydrogens (tertiary/aromatic N) is 5. The lowest BCUT2D eigenvalue weighted by atomic mass is 10.0. The van der Waals surface area contributed by atoms with Crippen molar-refractivity contribution in [3.05, 3.63) is 26.7 Å². The molecule has 0 bridgehead atoms. The number of aryl methyl sites for hydroxylation is 2. The van der Waals surface area contributed by atoms with Gasteiger partial charge in [-0.05, 0) is 32.7 Å². The number of rotatable bonds is 4. The van der Waals surface area contributed by atoms with Crippen molar-refractivity contribution in [2.75, 3.05) is 6.54 Å². The summed E-state index contributed by atoms with van der Waals surface area (Å²) in [5, 5.41) is 0. The zero-order valence-electron chi connectivity index (χ0n) is 15.1. The van der Waals surface area contributed by atoms with E-state index in [4.69, 9.17) is 4.98 Å². The summed E-state index contributed by atoms with van der Waals surface area (Å²) in [7, 11) is 3.21. The second-order valence-corrected chi connectivity index (χ2v) is 6.87. The first kappa shape index (κ1) is 17.0. The van der Waals surface area contributed by atoms with Gasteiger partial charge in [-0.25, -0.2) is 9.78 Å². The molecule has 2 aromatic rings. The van der Waals surface area contributed by atoms with Crippen LogP contribution in [-0.2, 0) is 27.2 Å². The van der Waals surface area contributed by atoms with Crippen LogP contribution in [0.2, 0.25) is 0 Å². The van der Waals surface area contributed by atoms with Crippen molar-refractivity contribution >= 4 is 11.2 Å². The quantitative estimate of drug-likeness (QED) is 0.844. The molecule has 0 amide bonds. The molecule has 1 saturated heterocycles. The van der Waals surface area contributed by atoms with Crippen molar-refractivity contribution in [1.82, 2.24) is 23.6 Å². The van der Waals surface area contributed by atoms with Gasteiger partial charge in [-0.1, -0.05) is 13.3 Å². The molecule has 132 valence electrons. The summed E-state index contributed by atoms with van der Waals surface area (Å²) < 4.78 is 4.66. The molecular formula is C17H27N5O2. The summed E-state index contributed by atoms with van der Waals surface area (Å²) in [6, 6.07) is 0.528. The number of fused-ring (bicyclic) bond motifs is 1. The van der Waals surface area contributed by atoms with Gasteiger partial charge < -0.3 is 4.57 Å². The standard InChI is InChI=1S/C17H27N5O2/c1-5-9-22-13(11-21-10-7-6-8-12(21)2)18-15-14(22)16(23)20(4)17(24)19(15)3/h12H,5-11H2,1-4H3/t12-/m1/s1. The van der Waals surface area contributed by atoms with Gasteiger partial charge in [0.1, 0.15) is 5.82 Å². The van der Waals surface area contributed by atoms with E-state index in [0.717, 1.165) is 31.9 Å². The first-order valence-corrected chi connectivity index (χ1v) is 8.84. The van der Waals surface area contributed by atoms with E-state index in [1.165, 1.54) is 35.4 Å². The predicted molar refractivity (Wildman–Crippen MR) is 94.2 cm³/mol. The lowest BCUT2D eigenvalue weighted by Crippen LogP contribution is -2.38. The zero-order valence-corrected chi connectivity index (χ0v) is 15.1. The first-order chi connectivity index (χ1) is 11.5. The number of piperidine rings is 1. The molecule has 0 aromatic carbocycles. The molecule has 0 N–H and O–H groups in total. The van der Waals surface area contributed by atoms with Gasteiger partial charge in [0, 0.05) is 26.7 Å². The predicted octanol–water partition coefficient (Wildman–Crippen LogP) is 1.22. The molecule has 7 nitrogen and oxygen atoms in total. The number of likely N-dealkylation sites (tertiary alicyclic amines) is 1. The minimum absolute atomic E-state index is 0.257. The van der Waals surface area contributed by atoms with E-state index in [0.29, 0.717) is 17.2 Å². The normalized spacial score (nSPS) is 19.2. The van der Waals surface area contributed by atoms with Gasteiger partial charge >= 0.3 is 5.69 Å². The molecule has 2 aromatic heterocycles. The van der Waals surface area contributed by atoms with E-state index in [1.54, 1.807) is 7.05 Å². The molecule has 0 saturated carbocycles. The number of imidazole rings is 1. The molecule has 24 heavy (non-hydrogen) atoms. The van der Waals surface area contributed by atoms with Crippen LogP contribution in [-0.4, -0.2) is 36.2 Å². The average Bonchev–Trinajstić information content (AvgIpc) is 2.92. The molecule has 0 spiro atoms. The van der Waals surface area contributed by atoms with Gasteiger partial charge in [0.25, 0.3) is 5.56 Å². The summed E-state index contributed by atoms with van der Waals surface area (Å²) in [4.78, 5) is 32.0. The molecule has 3 heterocycles.